The lowest BCUT2D eigenvalue weighted by atomic mass is 10.2. The molecule has 4 nitrogen and oxygen atoms in total. The van der Waals surface area contributed by atoms with Crippen molar-refractivity contribution in [1.29, 1.82) is 0 Å². The summed E-state index contributed by atoms with van der Waals surface area (Å²) in [5.74, 6) is 1.58. The molecule has 0 radical (unpaired) electrons. The van der Waals surface area contributed by atoms with E-state index in [9.17, 15) is 0 Å². The SMILES string of the molecule is CNc1nc(NC(C)Cc2cccs2)c2cc(C)sc2n1. The Bertz CT molecular complexity index is 734. The number of nitrogens with one attached hydrogen (secondary N) is 2. The Labute approximate surface area is 132 Å². The van der Waals surface area contributed by atoms with E-state index < -0.39 is 0 Å². The predicted octanol–water partition coefficient (Wildman–Crippen LogP) is 4.15. The minimum atomic E-state index is 0.326. The van der Waals surface area contributed by atoms with Gasteiger partial charge in [-0.2, -0.15) is 4.98 Å². The molecule has 3 heterocycles. The van der Waals surface area contributed by atoms with Crippen LogP contribution in [0.15, 0.2) is 23.6 Å². The van der Waals surface area contributed by atoms with Gasteiger partial charge in [0.1, 0.15) is 10.6 Å². The highest BCUT2D eigenvalue weighted by Gasteiger charge is 2.12. The van der Waals surface area contributed by atoms with E-state index in [-0.39, 0.29) is 0 Å². The van der Waals surface area contributed by atoms with Crippen LogP contribution in [0.1, 0.15) is 16.7 Å². The highest BCUT2D eigenvalue weighted by atomic mass is 32.1. The first-order valence-corrected chi connectivity index (χ1v) is 8.60. The van der Waals surface area contributed by atoms with Crippen molar-refractivity contribution in [3.63, 3.8) is 0 Å². The van der Waals surface area contributed by atoms with Gasteiger partial charge in [0.05, 0.1) is 5.39 Å². The summed E-state index contributed by atoms with van der Waals surface area (Å²) in [6.07, 6.45) is 1.00. The smallest absolute Gasteiger partial charge is 0.225 e. The average molecular weight is 318 g/mol. The lowest BCUT2D eigenvalue weighted by Gasteiger charge is -2.15. The average Bonchev–Trinajstić information content (AvgIpc) is 3.06. The molecule has 0 saturated heterocycles. The molecule has 0 amide bonds. The van der Waals surface area contributed by atoms with E-state index in [1.165, 1.54) is 9.75 Å². The molecule has 0 aliphatic carbocycles. The van der Waals surface area contributed by atoms with E-state index in [2.05, 4.69) is 58.0 Å². The van der Waals surface area contributed by atoms with Gasteiger partial charge >= 0.3 is 0 Å². The van der Waals surface area contributed by atoms with E-state index in [0.29, 0.717) is 12.0 Å². The van der Waals surface area contributed by atoms with Crippen LogP contribution in [0.25, 0.3) is 10.2 Å². The van der Waals surface area contributed by atoms with Crippen LogP contribution in [0.5, 0.6) is 0 Å². The summed E-state index contributed by atoms with van der Waals surface area (Å²) < 4.78 is 0. The van der Waals surface area contributed by atoms with Gasteiger partial charge in [0, 0.05) is 29.3 Å². The molecule has 6 heteroatoms. The van der Waals surface area contributed by atoms with Crippen molar-refractivity contribution in [2.45, 2.75) is 26.3 Å². The summed E-state index contributed by atoms with van der Waals surface area (Å²) in [6, 6.07) is 6.75. The number of aryl methyl sites for hydroxylation is 1. The third kappa shape index (κ3) is 3.16. The maximum atomic E-state index is 4.58. The van der Waals surface area contributed by atoms with Crippen molar-refractivity contribution in [3.8, 4) is 0 Å². The van der Waals surface area contributed by atoms with Gasteiger partial charge in [0.2, 0.25) is 5.95 Å². The number of nitrogens with zero attached hydrogens (tertiary/aromatic N) is 2. The normalized spacial score (nSPS) is 12.5. The lowest BCUT2D eigenvalue weighted by Crippen LogP contribution is -2.19. The Kier molecular flexibility index (Phi) is 4.07. The lowest BCUT2D eigenvalue weighted by molar-refractivity contribution is 0.796. The predicted molar refractivity (Wildman–Crippen MR) is 92.8 cm³/mol. The molecule has 2 N–H and O–H groups in total. The van der Waals surface area contributed by atoms with Crippen LogP contribution in [-0.4, -0.2) is 23.1 Å². The van der Waals surface area contributed by atoms with Crippen molar-refractivity contribution in [2.75, 3.05) is 17.7 Å². The van der Waals surface area contributed by atoms with Crippen LogP contribution in [-0.2, 0) is 6.42 Å². The molecule has 1 unspecified atom stereocenters. The minimum absolute atomic E-state index is 0.326. The van der Waals surface area contributed by atoms with Gasteiger partial charge in [-0.05, 0) is 31.4 Å². The number of hydrogen-bond acceptors (Lipinski definition) is 6. The Morgan fingerprint density at radius 3 is 2.90 bits per heavy atom. The van der Waals surface area contributed by atoms with Crippen LogP contribution in [0.2, 0.25) is 0 Å². The summed E-state index contributed by atoms with van der Waals surface area (Å²) in [6.45, 7) is 4.29. The second kappa shape index (κ2) is 5.99. The van der Waals surface area contributed by atoms with Gasteiger partial charge in [-0.15, -0.1) is 22.7 Å². The number of hydrogen-bond donors (Lipinski definition) is 2. The number of rotatable bonds is 5. The van der Waals surface area contributed by atoms with Gasteiger partial charge in [0.25, 0.3) is 0 Å². The summed E-state index contributed by atoms with van der Waals surface area (Å²) in [4.78, 5) is 12.8. The standard InChI is InChI=1S/C15H18N4S2/c1-9(7-11-5-4-6-20-11)17-13-12-8-10(2)21-14(12)19-15(16-3)18-13/h4-6,8-9H,7H2,1-3H3,(H2,16,17,18,19). The van der Waals surface area contributed by atoms with E-state index in [4.69, 9.17) is 0 Å². The van der Waals surface area contributed by atoms with E-state index in [0.717, 1.165) is 22.5 Å². The maximum absolute atomic E-state index is 4.58. The highest BCUT2D eigenvalue weighted by Crippen LogP contribution is 2.30. The topological polar surface area (TPSA) is 49.8 Å². The fourth-order valence-electron chi connectivity index (χ4n) is 2.28. The van der Waals surface area contributed by atoms with Crippen molar-refractivity contribution in [2.24, 2.45) is 0 Å². The summed E-state index contributed by atoms with van der Waals surface area (Å²) in [7, 11) is 1.85. The third-order valence-electron chi connectivity index (χ3n) is 3.21. The van der Waals surface area contributed by atoms with Gasteiger partial charge < -0.3 is 10.6 Å². The Morgan fingerprint density at radius 1 is 1.33 bits per heavy atom. The minimum Gasteiger partial charge on any atom is -0.367 e. The molecule has 1 atom stereocenters. The zero-order valence-corrected chi connectivity index (χ0v) is 13.9. The molecule has 0 saturated carbocycles. The number of thiophene rings is 2. The van der Waals surface area contributed by atoms with E-state index in [1.54, 1.807) is 22.7 Å². The quantitative estimate of drug-likeness (QED) is 0.742. The first-order chi connectivity index (χ1) is 10.2. The van der Waals surface area contributed by atoms with Crippen LogP contribution in [0, 0.1) is 6.92 Å². The van der Waals surface area contributed by atoms with Crippen LogP contribution >= 0.6 is 22.7 Å². The zero-order valence-electron chi connectivity index (χ0n) is 12.3. The first kappa shape index (κ1) is 14.3. The van der Waals surface area contributed by atoms with E-state index in [1.807, 2.05) is 7.05 Å². The van der Waals surface area contributed by atoms with Crippen molar-refractivity contribution < 1.29 is 0 Å². The van der Waals surface area contributed by atoms with Crippen LogP contribution in [0.4, 0.5) is 11.8 Å². The molecule has 21 heavy (non-hydrogen) atoms. The van der Waals surface area contributed by atoms with Crippen LogP contribution < -0.4 is 10.6 Å². The molecule has 0 aliphatic heterocycles. The highest BCUT2D eigenvalue weighted by molar-refractivity contribution is 7.18. The Hall–Kier alpha value is -1.66. The van der Waals surface area contributed by atoms with Crippen LogP contribution in [0.3, 0.4) is 0 Å². The molecular weight excluding hydrogens is 300 g/mol. The van der Waals surface area contributed by atoms with Gasteiger partial charge in [-0.1, -0.05) is 6.07 Å². The van der Waals surface area contributed by atoms with Gasteiger partial charge in [-0.25, -0.2) is 4.98 Å². The molecule has 0 aliphatic rings. The van der Waals surface area contributed by atoms with Crippen molar-refractivity contribution in [1.82, 2.24) is 9.97 Å². The largest absolute Gasteiger partial charge is 0.367 e. The molecular formula is C15H18N4S2. The molecule has 0 aromatic carbocycles. The molecule has 3 aromatic rings. The van der Waals surface area contributed by atoms with E-state index >= 15 is 0 Å². The molecule has 3 aromatic heterocycles. The van der Waals surface area contributed by atoms with Crippen molar-refractivity contribution >= 4 is 44.7 Å². The second-order valence-electron chi connectivity index (χ2n) is 5.05. The van der Waals surface area contributed by atoms with Gasteiger partial charge in [0.15, 0.2) is 0 Å². The monoisotopic (exact) mass is 318 g/mol. The Balaban J connectivity index is 1.88. The fraction of sp³-hybridized carbons (Fsp3) is 0.333. The summed E-state index contributed by atoms with van der Waals surface area (Å²) >= 11 is 3.49. The summed E-state index contributed by atoms with van der Waals surface area (Å²) in [5.41, 5.74) is 0. The number of anilines is 2. The third-order valence-corrected chi connectivity index (χ3v) is 5.05. The first-order valence-electron chi connectivity index (χ1n) is 6.90. The number of aromatic nitrogens is 2. The molecule has 0 spiro atoms. The zero-order chi connectivity index (χ0) is 14.8. The molecule has 3 rings (SSSR count). The fourth-order valence-corrected chi connectivity index (χ4v) is 3.99. The summed E-state index contributed by atoms with van der Waals surface area (Å²) in [5, 5.41) is 9.79. The second-order valence-corrected chi connectivity index (χ2v) is 7.32. The molecule has 0 bridgehead atoms. The molecule has 0 fully saturated rings. The Morgan fingerprint density at radius 2 is 2.19 bits per heavy atom. The maximum Gasteiger partial charge on any atom is 0.225 e. The van der Waals surface area contributed by atoms with Crippen molar-refractivity contribution in [3.05, 3.63) is 33.3 Å². The molecule has 110 valence electrons. The van der Waals surface area contributed by atoms with Gasteiger partial charge in [-0.3, -0.25) is 0 Å². The number of fused-ring (bicyclic) bond motifs is 1.